The summed E-state index contributed by atoms with van der Waals surface area (Å²) in [5, 5.41) is 0. The van der Waals surface area contributed by atoms with E-state index < -0.39 is 0 Å². The molecule has 0 aromatic heterocycles. The number of hydrogen-bond donors (Lipinski definition) is 0. The van der Waals surface area contributed by atoms with Gasteiger partial charge in [0.05, 0.1) is 0 Å². The van der Waals surface area contributed by atoms with Crippen LogP contribution in [0.5, 0.6) is 0 Å². The van der Waals surface area contributed by atoms with E-state index in [9.17, 15) is 0 Å². The van der Waals surface area contributed by atoms with Gasteiger partial charge in [-0.1, -0.05) is 97.1 Å². The molecule has 0 amide bonds. The molecule has 5 rings (SSSR count). The van der Waals surface area contributed by atoms with Crippen LogP contribution in [-0.4, -0.2) is 14.1 Å². The molecule has 0 bridgehead atoms. The molecule has 146 valence electrons. The lowest BCUT2D eigenvalue weighted by Gasteiger charge is -2.21. The summed E-state index contributed by atoms with van der Waals surface area (Å²) in [4.78, 5) is 2.15. The summed E-state index contributed by atoms with van der Waals surface area (Å²) in [6, 6.07) is 39.7. The van der Waals surface area contributed by atoms with Crippen LogP contribution >= 0.6 is 0 Å². The van der Waals surface area contributed by atoms with E-state index in [0.717, 1.165) is 0 Å². The van der Waals surface area contributed by atoms with E-state index in [1.807, 2.05) is 0 Å². The molecule has 0 fully saturated rings. The number of benzene rings is 1. The van der Waals surface area contributed by atoms with Gasteiger partial charge in [-0.25, -0.2) is 0 Å². The van der Waals surface area contributed by atoms with E-state index in [-0.39, 0.29) is 5.92 Å². The molecule has 4 aliphatic carbocycles. The third-order valence-electron chi connectivity index (χ3n) is 6.02. The van der Waals surface area contributed by atoms with Gasteiger partial charge < -0.3 is 4.90 Å². The normalized spacial score (nSPS) is 11.3. The first-order valence-corrected chi connectivity index (χ1v) is 10.4. The van der Waals surface area contributed by atoms with Gasteiger partial charge in [-0.15, -0.1) is 0 Å². The van der Waals surface area contributed by atoms with Crippen molar-refractivity contribution >= 4 is 5.69 Å². The van der Waals surface area contributed by atoms with Crippen LogP contribution in [0.25, 0.3) is 22.3 Å². The van der Waals surface area contributed by atoms with Crippen LogP contribution in [0.3, 0.4) is 0 Å². The van der Waals surface area contributed by atoms with E-state index in [0.29, 0.717) is 0 Å². The molecule has 0 aliphatic heterocycles. The SMILES string of the molecule is CN(C)c1ccc(C(c2ccc3cccccc2-3)c2ccc3cccccc2-3)cc1. The Labute approximate surface area is 178 Å². The molecule has 0 atom stereocenters. The molecule has 1 aromatic carbocycles. The summed E-state index contributed by atoms with van der Waals surface area (Å²) in [6.07, 6.45) is 0. The Kier molecular flexibility index (Phi) is 4.72. The van der Waals surface area contributed by atoms with Crippen LogP contribution < -0.4 is 4.90 Å². The molecule has 4 aliphatic rings. The molecule has 1 nitrogen and oxygen atoms in total. The van der Waals surface area contributed by atoms with Gasteiger partial charge in [-0.05, 0) is 51.1 Å². The van der Waals surface area contributed by atoms with Crippen molar-refractivity contribution in [2.75, 3.05) is 19.0 Å². The topological polar surface area (TPSA) is 3.24 Å². The van der Waals surface area contributed by atoms with Crippen molar-refractivity contribution < 1.29 is 0 Å². The van der Waals surface area contributed by atoms with Gasteiger partial charge >= 0.3 is 0 Å². The summed E-state index contributed by atoms with van der Waals surface area (Å²) in [5.74, 6) is 0.181. The lowest BCUT2D eigenvalue weighted by molar-refractivity contribution is 0.992. The predicted molar refractivity (Wildman–Crippen MR) is 128 cm³/mol. The Balaban J connectivity index is 1.73. The smallest absolute Gasteiger partial charge is 0.0361 e. The van der Waals surface area contributed by atoms with Crippen molar-refractivity contribution in [3.8, 4) is 22.3 Å². The Morgan fingerprint density at radius 2 is 1.00 bits per heavy atom. The largest absolute Gasteiger partial charge is 0.378 e. The van der Waals surface area contributed by atoms with E-state index >= 15 is 0 Å². The van der Waals surface area contributed by atoms with Gasteiger partial charge in [0.1, 0.15) is 0 Å². The van der Waals surface area contributed by atoms with Crippen LogP contribution in [0, 0.1) is 0 Å². The van der Waals surface area contributed by atoms with Crippen LogP contribution in [0.15, 0.2) is 109 Å². The van der Waals surface area contributed by atoms with Gasteiger partial charge in [0.25, 0.3) is 0 Å². The Bertz CT molecular complexity index is 1150. The summed E-state index contributed by atoms with van der Waals surface area (Å²) in [5.41, 5.74) is 10.5. The Morgan fingerprint density at radius 1 is 0.500 bits per heavy atom. The van der Waals surface area contributed by atoms with Gasteiger partial charge in [-0.2, -0.15) is 0 Å². The minimum atomic E-state index is 0.181. The monoisotopic (exact) mass is 387 g/mol. The van der Waals surface area contributed by atoms with Crippen LogP contribution in [-0.2, 0) is 0 Å². The number of rotatable bonds is 4. The van der Waals surface area contributed by atoms with Crippen molar-refractivity contribution in [1.82, 2.24) is 0 Å². The summed E-state index contributed by atoms with van der Waals surface area (Å²) in [6.45, 7) is 0. The maximum absolute atomic E-state index is 2.30. The first kappa shape index (κ1) is 18.4. The van der Waals surface area contributed by atoms with E-state index in [2.05, 4.69) is 128 Å². The average molecular weight is 388 g/mol. The van der Waals surface area contributed by atoms with Crippen LogP contribution in [0.2, 0.25) is 0 Å². The molecule has 0 radical (unpaired) electrons. The van der Waals surface area contributed by atoms with E-state index in [1.54, 1.807) is 0 Å². The fourth-order valence-electron chi connectivity index (χ4n) is 4.47. The fourth-order valence-corrected chi connectivity index (χ4v) is 4.47. The summed E-state index contributed by atoms with van der Waals surface area (Å²) < 4.78 is 0. The van der Waals surface area contributed by atoms with Gasteiger partial charge in [0.2, 0.25) is 0 Å². The highest BCUT2D eigenvalue weighted by atomic mass is 15.1. The second-order valence-corrected chi connectivity index (χ2v) is 8.06. The predicted octanol–water partition coefficient (Wildman–Crippen LogP) is 7.14. The zero-order chi connectivity index (χ0) is 20.5. The van der Waals surface area contributed by atoms with E-state index in [1.165, 1.54) is 44.6 Å². The molecule has 0 heterocycles. The molecule has 1 aromatic rings. The van der Waals surface area contributed by atoms with Crippen molar-refractivity contribution in [3.05, 3.63) is 126 Å². The molecule has 0 saturated heterocycles. The van der Waals surface area contributed by atoms with Crippen molar-refractivity contribution in [2.24, 2.45) is 0 Å². The van der Waals surface area contributed by atoms with E-state index in [4.69, 9.17) is 0 Å². The molecule has 0 spiro atoms. The molecule has 0 saturated carbocycles. The highest BCUT2D eigenvalue weighted by molar-refractivity contribution is 5.78. The molecule has 0 unspecified atom stereocenters. The van der Waals surface area contributed by atoms with Crippen molar-refractivity contribution in [3.63, 3.8) is 0 Å². The third kappa shape index (κ3) is 3.23. The van der Waals surface area contributed by atoms with Crippen molar-refractivity contribution in [1.29, 1.82) is 0 Å². The first-order chi connectivity index (χ1) is 14.7. The maximum Gasteiger partial charge on any atom is 0.0361 e. The number of anilines is 1. The van der Waals surface area contributed by atoms with Gasteiger partial charge in [-0.3, -0.25) is 0 Å². The third-order valence-corrected chi connectivity index (χ3v) is 6.02. The minimum absolute atomic E-state index is 0.181. The molecule has 30 heavy (non-hydrogen) atoms. The molecular formula is C29H25N. The van der Waals surface area contributed by atoms with Crippen LogP contribution in [0.1, 0.15) is 22.6 Å². The Hall–Kier alpha value is -3.58. The lowest BCUT2D eigenvalue weighted by atomic mass is 9.83. The van der Waals surface area contributed by atoms with Gasteiger partial charge in [0, 0.05) is 25.7 Å². The molecule has 0 N–H and O–H groups in total. The first-order valence-electron chi connectivity index (χ1n) is 10.4. The second-order valence-electron chi connectivity index (χ2n) is 8.06. The zero-order valence-corrected chi connectivity index (χ0v) is 17.4. The van der Waals surface area contributed by atoms with Crippen LogP contribution in [0.4, 0.5) is 5.69 Å². The van der Waals surface area contributed by atoms with Gasteiger partial charge in [0.15, 0.2) is 0 Å². The van der Waals surface area contributed by atoms with Crippen molar-refractivity contribution in [2.45, 2.75) is 5.92 Å². The Morgan fingerprint density at radius 3 is 1.50 bits per heavy atom. The second kappa shape index (κ2) is 7.68. The summed E-state index contributed by atoms with van der Waals surface area (Å²) >= 11 is 0. The number of nitrogens with zero attached hydrogens (tertiary/aromatic N) is 1. The number of hydrogen-bond acceptors (Lipinski definition) is 1. The zero-order valence-electron chi connectivity index (χ0n) is 17.4. The quantitative estimate of drug-likeness (QED) is 0.317. The highest BCUT2D eigenvalue weighted by Gasteiger charge is 2.25. The summed E-state index contributed by atoms with van der Waals surface area (Å²) in [7, 11) is 4.17. The minimum Gasteiger partial charge on any atom is -0.378 e. The molecular weight excluding hydrogens is 362 g/mol. The average Bonchev–Trinajstić information content (AvgIpc) is 3.14. The fraction of sp³-hybridized carbons (Fsp3) is 0.103. The standard InChI is InChI=1S/C29H25N/c1-30(2)24-17-13-23(14-18-24)29(27-19-15-21-9-5-3-7-11-25(21)27)28-20-16-22-10-6-4-8-12-26(22)28/h3-20,29H,1-2H3. The number of fused-ring (bicyclic) bond motifs is 2. The molecule has 1 heteroatoms. The highest BCUT2D eigenvalue weighted by Crippen LogP contribution is 2.44. The maximum atomic E-state index is 2.30. The lowest BCUT2D eigenvalue weighted by Crippen LogP contribution is -2.09.